The summed E-state index contributed by atoms with van der Waals surface area (Å²) in [5, 5.41) is 2.90. The third kappa shape index (κ3) is 3.65. The lowest BCUT2D eigenvalue weighted by molar-refractivity contribution is -0.115. The van der Waals surface area contributed by atoms with E-state index in [1.807, 2.05) is 26.8 Å². The number of pyridine rings is 1. The molecule has 1 aromatic carbocycles. The number of nitrogens with zero attached hydrogens (tertiary/aromatic N) is 1. The van der Waals surface area contributed by atoms with Crippen LogP contribution in [0.2, 0.25) is 0 Å². The number of aromatic nitrogens is 1. The van der Waals surface area contributed by atoms with Gasteiger partial charge in [-0.1, -0.05) is 23.8 Å². The van der Waals surface area contributed by atoms with Gasteiger partial charge in [0.05, 0.1) is 6.42 Å². The molecule has 0 spiro atoms. The molecule has 0 unspecified atom stereocenters. The van der Waals surface area contributed by atoms with E-state index in [2.05, 4.69) is 28.5 Å². The number of hydrogen-bond donors (Lipinski definition) is 1. The lowest BCUT2D eigenvalue weighted by atomic mass is 10.0. The Bertz CT molecular complexity index is 605. The summed E-state index contributed by atoms with van der Waals surface area (Å²) in [6.45, 7) is 5.96. The highest BCUT2D eigenvalue weighted by molar-refractivity contribution is 5.92. The fraction of sp³-hybridized carbons (Fsp3) is 0.250. The monoisotopic (exact) mass is 254 g/mol. The molecule has 1 heterocycles. The summed E-state index contributed by atoms with van der Waals surface area (Å²) in [5.74, 6) is -0.000648. The zero-order chi connectivity index (χ0) is 13.8. The minimum Gasteiger partial charge on any atom is -0.326 e. The lowest BCUT2D eigenvalue weighted by Crippen LogP contribution is -2.15. The van der Waals surface area contributed by atoms with Crippen LogP contribution in [0.4, 0.5) is 5.69 Å². The summed E-state index contributed by atoms with van der Waals surface area (Å²) in [5.41, 5.74) is 5.08. The van der Waals surface area contributed by atoms with E-state index in [1.165, 1.54) is 5.56 Å². The van der Waals surface area contributed by atoms with Crippen LogP contribution < -0.4 is 5.32 Å². The summed E-state index contributed by atoms with van der Waals surface area (Å²) < 4.78 is 0. The minimum absolute atomic E-state index is 0.000648. The van der Waals surface area contributed by atoms with Gasteiger partial charge < -0.3 is 5.32 Å². The standard InChI is InChI=1S/C16H18N2O/c1-11-4-5-12(2)14(8-11)10-16(19)18-15-6-7-17-13(3)9-15/h4-9H,10H2,1-3H3,(H,17,18,19). The number of carbonyl (C=O) groups is 1. The van der Waals surface area contributed by atoms with Gasteiger partial charge in [-0.25, -0.2) is 0 Å². The molecular formula is C16H18N2O. The number of amides is 1. The van der Waals surface area contributed by atoms with E-state index < -0.39 is 0 Å². The predicted molar refractivity (Wildman–Crippen MR) is 77.2 cm³/mol. The number of benzene rings is 1. The molecule has 2 rings (SSSR count). The number of aryl methyl sites for hydroxylation is 3. The average molecular weight is 254 g/mol. The number of nitrogens with one attached hydrogen (secondary N) is 1. The second-order valence-electron chi connectivity index (χ2n) is 4.84. The largest absolute Gasteiger partial charge is 0.326 e. The Hall–Kier alpha value is -2.16. The fourth-order valence-corrected chi connectivity index (χ4v) is 1.99. The zero-order valence-electron chi connectivity index (χ0n) is 11.5. The Morgan fingerprint density at radius 2 is 1.95 bits per heavy atom. The van der Waals surface area contributed by atoms with Crippen molar-refractivity contribution in [3.63, 3.8) is 0 Å². The van der Waals surface area contributed by atoms with Gasteiger partial charge in [-0.05, 0) is 44.0 Å². The summed E-state index contributed by atoms with van der Waals surface area (Å²) >= 11 is 0. The van der Waals surface area contributed by atoms with Gasteiger partial charge in [-0.2, -0.15) is 0 Å². The molecule has 2 aromatic rings. The van der Waals surface area contributed by atoms with E-state index in [0.717, 1.165) is 22.5 Å². The average Bonchev–Trinajstić information content (AvgIpc) is 2.34. The zero-order valence-corrected chi connectivity index (χ0v) is 11.5. The maximum absolute atomic E-state index is 12.0. The van der Waals surface area contributed by atoms with Crippen LogP contribution in [0.25, 0.3) is 0 Å². The van der Waals surface area contributed by atoms with Crippen LogP contribution in [-0.2, 0) is 11.2 Å². The molecule has 0 bridgehead atoms. The van der Waals surface area contributed by atoms with Gasteiger partial charge in [0.2, 0.25) is 5.91 Å². The molecule has 1 N–H and O–H groups in total. The smallest absolute Gasteiger partial charge is 0.228 e. The van der Waals surface area contributed by atoms with Gasteiger partial charge in [-0.3, -0.25) is 9.78 Å². The van der Waals surface area contributed by atoms with Crippen molar-refractivity contribution in [1.82, 2.24) is 4.98 Å². The molecule has 0 aliphatic rings. The summed E-state index contributed by atoms with van der Waals surface area (Å²) in [7, 11) is 0. The molecule has 0 atom stereocenters. The molecule has 1 amide bonds. The first-order chi connectivity index (χ1) is 9.04. The van der Waals surface area contributed by atoms with Crippen molar-refractivity contribution < 1.29 is 4.79 Å². The van der Waals surface area contributed by atoms with E-state index in [4.69, 9.17) is 0 Å². The van der Waals surface area contributed by atoms with Crippen molar-refractivity contribution in [2.45, 2.75) is 27.2 Å². The quantitative estimate of drug-likeness (QED) is 0.914. The Kier molecular flexibility index (Phi) is 3.95. The Labute approximate surface area is 113 Å². The van der Waals surface area contributed by atoms with E-state index >= 15 is 0 Å². The highest BCUT2D eigenvalue weighted by Crippen LogP contribution is 2.13. The fourth-order valence-electron chi connectivity index (χ4n) is 1.99. The molecule has 19 heavy (non-hydrogen) atoms. The SMILES string of the molecule is Cc1ccc(C)c(CC(=O)Nc2ccnc(C)c2)c1. The van der Waals surface area contributed by atoms with Crippen LogP contribution in [0, 0.1) is 20.8 Å². The number of carbonyl (C=O) groups excluding carboxylic acids is 1. The van der Waals surface area contributed by atoms with Crippen LogP contribution in [0.5, 0.6) is 0 Å². The normalized spacial score (nSPS) is 10.3. The minimum atomic E-state index is -0.000648. The van der Waals surface area contributed by atoms with Gasteiger partial charge in [0.15, 0.2) is 0 Å². The summed E-state index contributed by atoms with van der Waals surface area (Å²) in [6, 6.07) is 9.83. The van der Waals surface area contributed by atoms with Crippen molar-refractivity contribution in [1.29, 1.82) is 0 Å². The molecule has 0 saturated carbocycles. The van der Waals surface area contributed by atoms with Crippen molar-refractivity contribution in [2.75, 3.05) is 5.32 Å². The lowest BCUT2D eigenvalue weighted by Gasteiger charge is -2.08. The molecule has 0 fully saturated rings. The van der Waals surface area contributed by atoms with Crippen LogP contribution in [0.3, 0.4) is 0 Å². The summed E-state index contributed by atoms with van der Waals surface area (Å²) in [4.78, 5) is 16.1. The van der Waals surface area contributed by atoms with Gasteiger partial charge in [-0.15, -0.1) is 0 Å². The number of rotatable bonds is 3. The highest BCUT2D eigenvalue weighted by Gasteiger charge is 2.07. The molecule has 3 heteroatoms. The predicted octanol–water partition coefficient (Wildman–Crippen LogP) is 3.19. The first kappa shape index (κ1) is 13.3. The van der Waals surface area contributed by atoms with E-state index in [9.17, 15) is 4.79 Å². The van der Waals surface area contributed by atoms with Gasteiger partial charge in [0.25, 0.3) is 0 Å². The molecule has 1 aromatic heterocycles. The van der Waals surface area contributed by atoms with E-state index in [1.54, 1.807) is 12.3 Å². The third-order valence-corrected chi connectivity index (χ3v) is 3.04. The van der Waals surface area contributed by atoms with Gasteiger partial charge in [0.1, 0.15) is 0 Å². The Morgan fingerprint density at radius 1 is 1.16 bits per heavy atom. The van der Waals surface area contributed by atoms with Crippen molar-refractivity contribution >= 4 is 11.6 Å². The van der Waals surface area contributed by atoms with Crippen LogP contribution >= 0.6 is 0 Å². The van der Waals surface area contributed by atoms with E-state index in [-0.39, 0.29) is 5.91 Å². The maximum Gasteiger partial charge on any atom is 0.228 e. The van der Waals surface area contributed by atoms with Crippen LogP contribution in [-0.4, -0.2) is 10.9 Å². The van der Waals surface area contributed by atoms with Crippen LogP contribution in [0.1, 0.15) is 22.4 Å². The number of anilines is 1. The molecule has 0 aliphatic carbocycles. The molecular weight excluding hydrogens is 236 g/mol. The van der Waals surface area contributed by atoms with Gasteiger partial charge >= 0.3 is 0 Å². The van der Waals surface area contributed by atoms with Crippen molar-refractivity contribution in [2.24, 2.45) is 0 Å². The second kappa shape index (κ2) is 5.65. The van der Waals surface area contributed by atoms with E-state index in [0.29, 0.717) is 6.42 Å². The molecule has 0 saturated heterocycles. The molecule has 0 aliphatic heterocycles. The first-order valence-corrected chi connectivity index (χ1v) is 6.33. The molecule has 0 radical (unpaired) electrons. The third-order valence-electron chi connectivity index (χ3n) is 3.04. The highest BCUT2D eigenvalue weighted by atomic mass is 16.1. The van der Waals surface area contributed by atoms with Crippen molar-refractivity contribution in [3.8, 4) is 0 Å². The first-order valence-electron chi connectivity index (χ1n) is 6.33. The second-order valence-corrected chi connectivity index (χ2v) is 4.84. The molecule has 3 nitrogen and oxygen atoms in total. The molecule has 98 valence electrons. The Balaban J connectivity index is 2.07. The summed E-state index contributed by atoms with van der Waals surface area (Å²) in [6.07, 6.45) is 2.09. The van der Waals surface area contributed by atoms with Gasteiger partial charge in [0, 0.05) is 17.6 Å². The topological polar surface area (TPSA) is 42.0 Å². The Morgan fingerprint density at radius 3 is 2.68 bits per heavy atom. The van der Waals surface area contributed by atoms with Crippen molar-refractivity contribution in [3.05, 3.63) is 58.9 Å². The van der Waals surface area contributed by atoms with Crippen LogP contribution in [0.15, 0.2) is 36.5 Å². The maximum atomic E-state index is 12.0. The number of hydrogen-bond acceptors (Lipinski definition) is 2.